The first-order chi connectivity index (χ1) is 9.74. The van der Waals surface area contributed by atoms with Gasteiger partial charge in [-0.05, 0) is 36.4 Å². The van der Waals surface area contributed by atoms with E-state index in [1.165, 1.54) is 12.1 Å². The van der Waals surface area contributed by atoms with E-state index in [-0.39, 0.29) is 5.82 Å². The van der Waals surface area contributed by atoms with Gasteiger partial charge in [0.1, 0.15) is 17.7 Å². The largest absolute Gasteiger partial charge is 0.383 e. The molecule has 0 fully saturated rings. The number of halogens is 1. The van der Waals surface area contributed by atoms with Crippen LogP contribution >= 0.6 is 0 Å². The molecule has 5 heteroatoms. The van der Waals surface area contributed by atoms with E-state index in [4.69, 9.17) is 10.00 Å². The van der Waals surface area contributed by atoms with Crippen LogP contribution in [0.5, 0.6) is 0 Å². The second-order valence-corrected chi connectivity index (χ2v) is 4.13. The summed E-state index contributed by atoms with van der Waals surface area (Å²) in [5, 5.41) is 12.1. The monoisotopic (exact) mass is 271 g/mol. The maximum absolute atomic E-state index is 12.9. The molecule has 1 aromatic heterocycles. The van der Waals surface area contributed by atoms with E-state index in [0.29, 0.717) is 30.2 Å². The molecule has 2 aromatic rings. The van der Waals surface area contributed by atoms with Crippen molar-refractivity contribution >= 4 is 5.82 Å². The number of methoxy groups -OCH3 is 1. The van der Waals surface area contributed by atoms with Crippen LogP contribution in [0.15, 0.2) is 36.4 Å². The summed E-state index contributed by atoms with van der Waals surface area (Å²) in [7, 11) is 1.61. The molecule has 1 heterocycles. The van der Waals surface area contributed by atoms with E-state index in [9.17, 15) is 4.39 Å². The van der Waals surface area contributed by atoms with Gasteiger partial charge in [0.25, 0.3) is 0 Å². The fraction of sp³-hybridized carbons (Fsp3) is 0.200. The lowest BCUT2D eigenvalue weighted by Crippen LogP contribution is -2.10. The molecular formula is C15H14FN3O. The van der Waals surface area contributed by atoms with E-state index < -0.39 is 0 Å². The summed E-state index contributed by atoms with van der Waals surface area (Å²) < 4.78 is 17.9. The molecule has 0 saturated carbocycles. The van der Waals surface area contributed by atoms with Gasteiger partial charge in [-0.1, -0.05) is 0 Å². The van der Waals surface area contributed by atoms with Gasteiger partial charge >= 0.3 is 0 Å². The van der Waals surface area contributed by atoms with Crippen LogP contribution in [-0.2, 0) is 4.74 Å². The van der Waals surface area contributed by atoms with Crippen LogP contribution in [0, 0.1) is 17.1 Å². The third kappa shape index (κ3) is 3.31. The van der Waals surface area contributed by atoms with Gasteiger partial charge in [0, 0.05) is 19.2 Å². The van der Waals surface area contributed by atoms with Crippen molar-refractivity contribution < 1.29 is 9.13 Å². The minimum Gasteiger partial charge on any atom is -0.383 e. The number of hydrogen-bond acceptors (Lipinski definition) is 4. The Bertz CT molecular complexity index is 620. The number of pyridine rings is 1. The molecule has 0 radical (unpaired) electrons. The van der Waals surface area contributed by atoms with Gasteiger partial charge in [0.05, 0.1) is 17.9 Å². The van der Waals surface area contributed by atoms with Gasteiger partial charge in [0.2, 0.25) is 0 Å². The van der Waals surface area contributed by atoms with E-state index in [2.05, 4.69) is 16.4 Å². The van der Waals surface area contributed by atoms with Gasteiger partial charge in [-0.2, -0.15) is 5.26 Å². The number of hydrogen-bond donors (Lipinski definition) is 1. The number of benzene rings is 1. The molecule has 0 spiro atoms. The Morgan fingerprint density at radius 2 is 2.00 bits per heavy atom. The SMILES string of the molecule is COCCNc1nc(-c2ccc(F)cc2)ccc1C#N. The number of nitrogens with one attached hydrogen (secondary N) is 1. The number of rotatable bonds is 5. The summed E-state index contributed by atoms with van der Waals surface area (Å²) in [4.78, 5) is 4.40. The molecule has 1 N–H and O–H groups in total. The standard InChI is InChI=1S/C15H14FN3O/c1-20-9-8-18-15-12(10-17)4-7-14(19-15)11-2-5-13(16)6-3-11/h2-7H,8-9H2,1H3,(H,18,19). The molecule has 0 amide bonds. The quantitative estimate of drug-likeness (QED) is 0.849. The minimum absolute atomic E-state index is 0.291. The van der Waals surface area contributed by atoms with E-state index >= 15 is 0 Å². The fourth-order valence-electron chi connectivity index (χ4n) is 1.74. The first kappa shape index (κ1) is 14.0. The summed E-state index contributed by atoms with van der Waals surface area (Å²) in [5.74, 6) is 0.215. The van der Waals surface area contributed by atoms with Gasteiger partial charge in [-0.25, -0.2) is 9.37 Å². The number of nitriles is 1. The molecular weight excluding hydrogens is 257 g/mol. The van der Waals surface area contributed by atoms with Gasteiger partial charge < -0.3 is 10.1 Å². The molecule has 4 nitrogen and oxygen atoms in total. The molecule has 102 valence electrons. The molecule has 0 bridgehead atoms. The number of aromatic nitrogens is 1. The van der Waals surface area contributed by atoms with Gasteiger partial charge in [-0.3, -0.25) is 0 Å². The highest BCUT2D eigenvalue weighted by molar-refractivity contribution is 5.64. The summed E-state index contributed by atoms with van der Waals surface area (Å²) in [5.41, 5.74) is 1.95. The maximum atomic E-state index is 12.9. The fourth-order valence-corrected chi connectivity index (χ4v) is 1.74. The number of ether oxygens (including phenoxy) is 1. The van der Waals surface area contributed by atoms with Crippen molar-refractivity contribution in [1.29, 1.82) is 5.26 Å². The Balaban J connectivity index is 2.29. The minimum atomic E-state index is -0.291. The molecule has 0 aliphatic carbocycles. The first-order valence-corrected chi connectivity index (χ1v) is 6.14. The highest BCUT2D eigenvalue weighted by Gasteiger charge is 2.07. The molecule has 0 unspecified atom stereocenters. The average Bonchev–Trinajstić information content (AvgIpc) is 2.48. The summed E-state index contributed by atoms with van der Waals surface area (Å²) in [6.07, 6.45) is 0. The molecule has 0 atom stereocenters. The third-order valence-corrected chi connectivity index (χ3v) is 2.75. The predicted octanol–water partition coefficient (Wildman–Crippen LogP) is 2.82. The van der Waals surface area contributed by atoms with Crippen molar-refractivity contribution in [2.75, 3.05) is 25.6 Å². The topological polar surface area (TPSA) is 57.9 Å². The normalized spacial score (nSPS) is 10.1. The first-order valence-electron chi connectivity index (χ1n) is 6.14. The Morgan fingerprint density at radius 1 is 1.25 bits per heavy atom. The highest BCUT2D eigenvalue weighted by atomic mass is 19.1. The lowest BCUT2D eigenvalue weighted by Gasteiger charge is -2.09. The van der Waals surface area contributed by atoms with Crippen LogP contribution < -0.4 is 5.32 Å². The number of anilines is 1. The van der Waals surface area contributed by atoms with Crippen LogP contribution in [-0.4, -0.2) is 25.2 Å². The van der Waals surface area contributed by atoms with Gasteiger partial charge in [-0.15, -0.1) is 0 Å². The molecule has 0 aliphatic heterocycles. The van der Waals surface area contributed by atoms with Crippen LogP contribution in [0.2, 0.25) is 0 Å². The average molecular weight is 271 g/mol. The van der Waals surface area contributed by atoms with E-state index in [1.807, 2.05) is 0 Å². The van der Waals surface area contributed by atoms with E-state index in [1.54, 1.807) is 31.4 Å². The van der Waals surface area contributed by atoms with Crippen molar-refractivity contribution in [3.8, 4) is 17.3 Å². The van der Waals surface area contributed by atoms with Gasteiger partial charge in [0.15, 0.2) is 0 Å². The number of nitrogens with zero attached hydrogens (tertiary/aromatic N) is 2. The summed E-state index contributed by atoms with van der Waals surface area (Å²) in [6.45, 7) is 1.08. The second-order valence-electron chi connectivity index (χ2n) is 4.13. The Labute approximate surface area is 116 Å². The zero-order valence-electron chi connectivity index (χ0n) is 11.1. The summed E-state index contributed by atoms with van der Waals surface area (Å²) in [6, 6.07) is 11.6. The Morgan fingerprint density at radius 3 is 2.65 bits per heavy atom. The van der Waals surface area contributed by atoms with Crippen molar-refractivity contribution in [2.45, 2.75) is 0 Å². The Hall–Kier alpha value is -2.45. The van der Waals surface area contributed by atoms with Crippen LogP contribution in [0.4, 0.5) is 10.2 Å². The van der Waals surface area contributed by atoms with Crippen molar-refractivity contribution in [3.05, 3.63) is 47.8 Å². The zero-order chi connectivity index (χ0) is 14.4. The lowest BCUT2D eigenvalue weighted by atomic mass is 10.1. The van der Waals surface area contributed by atoms with Crippen molar-refractivity contribution in [3.63, 3.8) is 0 Å². The highest BCUT2D eigenvalue weighted by Crippen LogP contribution is 2.21. The zero-order valence-corrected chi connectivity index (χ0v) is 11.1. The maximum Gasteiger partial charge on any atom is 0.144 e. The van der Waals surface area contributed by atoms with Crippen LogP contribution in [0.25, 0.3) is 11.3 Å². The molecule has 20 heavy (non-hydrogen) atoms. The van der Waals surface area contributed by atoms with Crippen molar-refractivity contribution in [1.82, 2.24) is 4.98 Å². The van der Waals surface area contributed by atoms with E-state index in [0.717, 1.165) is 5.56 Å². The van der Waals surface area contributed by atoms with Crippen LogP contribution in [0.3, 0.4) is 0 Å². The molecule has 1 aromatic carbocycles. The molecule has 0 saturated heterocycles. The molecule has 2 rings (SSSR count). The van der Waals surface area contributed by atoms with Crippen LogP contribution in [0.1, 0.15) is 5.56 Å². The van der Waals surface area contributed by atoms with Crippen molar-refractivity contribution in [2.24, 2.45) is 0 Å². The predicted molar refractivity (Wildman–Crippen MR) is 74.7 cm³/mol. The third-order valence-electron chi connectivity index (χ3n) is 2.75. The second kappa shape index (κ2) is 6.64. The lowest BCUT2D eigenvalue weighted by molar-refractivity contribution is 0.210. The summed E-state index contributed by atoms with van der Waals surface area (Å²) >= 11 is 0. The smallest absolute Gasteiger partial charge is 0.144 e. The molecule has 0 aliphatic rings. The Kier molecular flexibility index (Phi) is 4.64.